The predicted molar refractivity (Wildman–Crippen MR) is 112 cm³/mol. The predicted octanol–water partition coefficient (Wildman–Crippen LogP) is 6.20. The van der Waals surface area contributed by atoms with Gasteiger partial charge in [0, 0.05) is 16.1 Å². The molecule has 28 heavy (non-hydrogen) atoms. The molecular weight excluding hydrogens is 370 g/mol. The molecule has 1 amide bonds. The van der Waals surface area contributed by atoms with Crippen molar-refractivity contribution in [3.63, 3.8) is 0 Å². The number of carbonyl (C=O) groups is 1. The van der Waals surface area contributed by atoms with Gasteiger partial charge in [-0.15, -0.1) is 0 Å². The second-order valence-electron chi connectivity index (χ2n) is 6.40. The highest BCUT2D eigenvalue weighted by molar-refractivity contribution is 6.33. The Bertz CT molecular complexity index is 1070. The lowest BCUT2D eigenvalue weighted by molar-refractivity contribution is 0.0948. The first-order valence-corrected chi connectivity index (χ1v) is 9.34. The van der Waals surface area contributed by atoms with Gasteiger partial charge >= 0.3 is 0 Å². The molecule has 0 atom stereocenters. The van der Waals surface area contributed by atoms with E-state index in [4.69, 9.17) is 16.0 Å². The topological polar surface area (TPSA) is 42.2 Å². The summed E-state index contributed by atoms with van der Waals surface area (Å²) >= 11 is 6.40. The first-order chi connectivity index (χ1) is 13.7. The van der Waals surface area contributed by atoms with Crippen LogP contribution in [0.3, 0.4) is 0 Å². The second-order valence-corrected chi connectivity index (χ2v) is 6.81. The third-order valence-corrected chi connectivity index (χ3v) is 4.86. The molecule has 1 aromatic heterocycles. The Labute approximate surface area is 168 Å². The minimum atomic E-state index is -0.171. The number of furan rings is 1. The van der Waals surface area contributed by atoms with Gasteiger partial charge in [0.15, 0.2) is 0 Å². The smallest absolute Gasteiger partial charge is 0.251 e. The van der Waals surface area contributed by atoms with E-state index in [0.29, 0.717) is 22.9 Å². The van der Waals surface area contributed by atoms with E-state index < -0.39 is 0 Å². The molecule has 4 aromatic rings. The van der Waals surface area contributed by atoms with Crippen molar-refractivity contribution in [3.8, 4) is 22.3 Å². The standard InChI is InChI=1S/C24H18ClNO2/c25-23-13-12-20(24(27)26-16-21-7-4-14-28-21)15-22(23)19-10-8-18(9-11-19)17-5-2-1-3-6-17/h1-15H,16H2,(H,26,27). The second kappa shape index (κ2) is 8.15. The summed E-state index contributed by atoms with van der Waals surface area (Å²) in [4.78, 5) is 12.5. The number of benzene rings is 3. The minimum Gasteiger partial charge on any atom is -0.467 e. The molecule has 0 radical (unpaired) electrons. The normalized spacial score (nSPS) is 10.6. The number of hydrogen-bond acceptors (Lipinski definition) is 2. The van der Waals surface area contributed by atoms with Crippen LogP contribution in [0.4, 0.5) is 0 Å². The molecule has 0 unspecified atom stereocenters. The van der Waals surface area contributed by atoms with E-state index in [1.165, 1.54) is 0 Å². The average Bonchev–Trinajstić information content (AvgIpc) is 3.27. The summed E-state index contributed by atoms with van der Waals surface area (Å²) in [7, 11) is 0. The fourth-order valence-corrected chi connectivity index (χ4v) is 3.27. The van der Waals surface area contributed by atoms with Crippen LogP contribution in [-0.2, 0) is 6.54 Å². The van der Waals surface area contributed by atoms with Crippen molar-refractivity contribution in [2.24, 2.45) is 0 Å². The fraction of sp³-hybridized carbons (Fsp3) is 0.0417. The van der Waals surface area contributed by atoms with Crippen LogP contribution in [0.2, 0.25) is 5.02 Å². The Morgan fingerprint density at radius 2 is 1.54 bits per heavy atom. The van der Waals surface area contributed by atoms with Gasteiger partial charge in [-0.3, -0.25) is 4.79 Å². The van der Waals surface area contributed by atoms with Crippen LogP contribution in [-0.4, -0.2) is 5.91 Å². The van der Waals surface area contributed by atoms with E-state index >= 15 is 0 Å². The molecule has 138 valence electrons. The van der Waals surface area contributed by atoms with Gasteiger partial charge in [-0.25, -0.2) is 0 Å². The van der Waals surface area contributed by atoms with Crippen LogP contribution in [0, 0.1) is 0 Å². The van der Waals surface area contributed by atoms with Crippen LogP contribution in [0.15, 0.2) is 95.6 Å². The summed E-state index contributed by atoms with van der Waals surface area (Å²) in [5, 5.41) is 3.46. The van der Waals surface area contributed by atoms with Crippen molar-refractivity contribution in [2.75, 3.05) is 0 Å². The zero-order valence-corrected chi connectivity index (χ0v) is 15.8. The summed E-state index contributed by atoms with van der Waals surface area (Å²) in [6.45, 7) is 0.343. The van der Waals surface area contributed by atoms with Gasteiger partial charge in [0.25, 0.3) is 5.91 Å². The average molecular weight is 388 g/mol. The zero-order valence-electron chi connectivity index (χ0n) is 15.1. The maximum absolute atomic E-state index is 12.5. The number of carbonyl (C=O) groups excluding carboxylic acids is 1. The summed E-state index contributed by atoms with van der Waals surface area (Å²) in [5.41, 5.74) is 4.63. The zero-order chi connectivity index (χ0) is 19.3. The van der Waals surface area contributed by atoms with E-state index in [2.05, 4.69) is 29.6 Å². The molecule has 0 bridgehead atoms. The largest absolute Gasteiger partial charge is 0.467 e. The first-order valence-electron chi connectivity index (χ1n) is 8.97. The number of nitrogens with one attached hydrogen (secondary N) is 1. The molecule has 3 aromatic carbocycles. The molecule has 3 nitrogen and oxygen atoms in total. The number of hydrogen-bond donors (Lipinski definition) is 1. The molecule has 4 rings (SSSR count). The lowest BCUT2D eigenvalue weighted by Gasteiger charge is -2.10. The molecule has 0 fully saturated rings. The van der Waals surface area contributed by atoms with Gasteiger partial charge in [0.05, 0.1) is 12.8 Å². The van der Waals surface area contributed by atoms with E-state index in [1.807, 2.05) is 42.5 Å². The highest BCUT2D eigenvalue weighted by Crippen LogP contribution is 2.31. The molecule has 1 heterocycles. The van der Waals surface area contributed by atoms with Crippen molar-refractivity contribution in [3.05, 3.63) is 108 Å². The molecular formula is C24H18ClNO2. The molecule has 1 N–H and O–H groups in total. The lowest BCUT2D eigenvalue weighted by Crippen LogP contribution is -2.22. The minimum absolute atomic E-state index is 0.171. The Kier molecular flexibility index (Phi) is 5.27. The van der Waals surface area contributed by atoms with Gasteiger partial charge in [-0.2, -0.15) is 0 Å². The molecule has 0 aliphatic heterocycles. The van der Waals surface area contributed by atoms with Gasteiger partial charge in [-0.1, -0.05) is 66.2 Å². The molecule has 0 aliphatic rings. The van der Waals surface area contributed by atoms with Crippen molar-refractivity contribution >= 4 is 17.5 Å². The van der Waals surface area contributed by atoms with E-state index in [9.17, 15) is 4.79 Å². The van der Waals surface area contributed by atoms with Crippen LogP contribution >= 0.6 is 11.6 Å². The van der Waals surface area contributed by atoms with Gasteiger partial charge in [-0.05, 0) is 47.0 Å². The van der Waals surface area contributed by atoms with Gasteiger partial charge < -0.3 is 9.73 Å². The number of rotatable bonds is 5. The molecule has 0 saturated heterocycles. The van der Waals surface area contributed by atoms with E-state index in [-0.39, 0.29) is 5.91 Å². The van der Waals surface area contributed by atoms with Crippen LogP contribution in [0.5, 0.6) is 0 Å². The highest BCUT2D eigenvalue weighted by atomic mass is 35.5. The fourth-order valence-electron chi connectivity index (χ4n) is 3.04. The first kappa shape index (κ1) is 18.1. The molecule has 0 spiro atoms. The third kappa shape index (κ3) is 4.00. The van der Waals surface area contributed by atoms with Crippen molar-refractivity contribution in [2.45, 2.75) is 6.54 Å². The van der Waals surface area contributed by atoms with Crippen molar-refractivity contribution in [1.29, 1.82) is 0 Å². The van der Waals surface area contributed by atoms with Crippen molar-refractivity contribution in [1.82, 2.24) is 5.32 Å². The monoisotopic (exact) mass is 387 g/mol. The Balaban J connectivity index is 1.56. The summed E-state index contributed by atoms with van der Waals surface area (Å²) in [6, 6.07) is 27.3. The highest BCUT2D eigenvalue weighted by Gasteiger charge is 2.11. The van der Waals surface area contributed by atoms with E-state index in [0.717, 1.165) is 22.3 Å². The molecule has 0 aliphatic carbocycles. The number of amides is 1. The summed E-state index contributed by atoms with van der Waals surface area (Å²) < 4.78 is 5.24. The maximum Gasteiger partial charge on any atom is 0.251 e. The SMILES string of the molecule is O=C(NCc1ccco1)c1ccc(Cl)c(-c2ccc(-c3ccccc3)cc2)c1. The van der Waals surface area contributed by atoms with Gasteiger partial charge in [0.1, 0.15) is 5.76 Å². The van der Waals surface area contributed by atoms with Crippen molar-refractivity contribution < 1.29 is 9.21 Å². The Morgan fingerprint density at radius 3 is 2.25 bits per heavy atom. The lowest BCUT2D eigenvalue weighted by atomic mass is 9.99. The van der Waals surface area contributed by atoms with Gasteiger partial charge in [0.2, 0.25) is 0 Å². The van der Waals surface area contributed by atoms with E-state index in [1.54, 1.807) is 24.5 Å². The molecule has 4 heteroatoms. The summed E-state index contributed by atoms with van der Waals surface area (Å²) in [5.74, 6) is 0.536. The quantitative estimate of drug-likeness (QED) is 0.443. The molecule has 0 saturated carbocycles. The Morgan fingerprint density at radius 1 is 0.821 bits per heavy atom. The Hall–Kier alpha value is -3.30. The van der Waals surface area contributed by atoms with Crippen LogP contribution in [0.1, 0.15) is 16.1 Å². The number of halogens is 1. The summed E-state index contributed by atoms with van der Waals surface area (Å²) in [6.07, 6.45) is 1.58. The van der Waals surface area contributed by atoms with Crippen LogP contribution in [0.25, 0.3) is 22.3 Å². The van der Waals surface area contributed by atoms with Crippen LogP contribution < -0.4 is 5.32 Å². The maximum atomic E-state index is 12.5. The third-order valence-electron chi connectivity index (χ3n) is 4.53.